The summed E-state index contributed by atoms with van der Waals surface area (Å²) >= 11 is 6.44. The smallest absolute Gasteiger partial charge is 0.130 e. The number of nitrogens with zero attached hydrogens (tertiary/aromatic N) is 2. The van der Waals surface area contributed by atoms with Crippen molar-refractivity contribution in [1.29, 1.82) is 0 Å². The molecule has 0 spiro atoms. The van der Waals surface area contributed by atoms with Crippen LogP contribution in [0.25, 0.3) is 0 Å². The number of benzene rings is 1. The van der Waals surface area contributed by atoms with Gasteiger partial charge in [0, 0.05) is 24.6 Å². The van der Waals surface area contributed by atoms with Gasteiger partial charge in [-0.2, -0.15) is 5.10 Å². The van der Waals surface area contributed by atoms with E-state index in [0.29, 0.717) is 6.54 Å². The molecular weight excluding hydrogens is 282 g/mol. The van der Waals surface area contributed by atoms with Gasteiger partial charge in [0.05, 0.1) is 5.69 Å². The summed E-state index contributed by atoms with van der Waals surface area (Å²) in [5.74, 6) is 0. The second-order valence-corrected chi connectivity index (χ2v) is 6.51. The van der Waals surface area contributed by atoms with Gasteiger partial charge in [0.25, 0.3) is 0 Å². The zero-order valence-corrected chi connectivity index (χ0v) is 13.5. The zero-order chi connectivity index (χ0) is 15.0. The lowest BCUT2D eigenvalue weighted by Gasteiger charge is -2.38. The van der Waals surface area contributed by atoms with E-state index in [1.54, 1.807) is 4.68 Å². The minimum atomic E-state index is -0.00766. The Hall–Kier alpha value is -1.32. The highest BCUT2D eigenvalue weighted by atomic mass is 35.5. The van der Waals surface area contributed by atoms with Crippen LogP contribution in [0.1, 0.15) is 35.2 Å². The van der Waals surface area contributed by atoms with Crippen LogP contribution in [0, 0.1) is 6.92 Å². The fourth-order valence-corrected chi connectivity index (χ4v) is 3.93. The maximum Gasteiger partial charge on any atom is 0.130 e. The molecule has 0 aliphatic heterocycles. The molecule has 0 amide bonds. The summed E-state index contributed by atoms with van der Waals surface area (Å²) in [5.41, 5.74) is 11.2. The van der Waals surface area contributed by atoms with Gasteiger partial charge < -0.3 is 5.73 Å². The first-order valence-electron chi connectivity index (χ1n) is 7.54. The molecule has 0 saturated heterocycles. The van der Waals surface area contributed by atoms with Crippen LogP contribution >= 0.6 is 11.6 Å². The Morgan fingerprint density at radius 1 is 1.38 bits per heavy atom. The largest absolute Gasteiger partial charge is 0.330 e. The van der Waals surface area contributed by atoms with Crippen LogP contribution in [0.15, 0.2) is 24.3 Å². The minimum absolute atomic E-state index is 0.00766. The third-order valence-corrected chi connectivity index (χ3v) is 5.34. The fraction of sp³-hybridized carbons (Fsp3) is 0.471. The van der Waals surface area contributed by atoms with Gasteiger partial charge in [-0.05, 0) is 43.7 Å². The van der Waals surface area contributed by atoms with Crippen LogP contribution in [0.2, 0.25) is 5.15 Å². The van der Waals surface area contributed by atoms with Gasteiger partial charge in [-0.25, -0.2) is 0 Å². The summed E-state index contributed by atoms with van der Waals surface area (Å²) in [7, 11) is 1.89. The number of fused-ring (bicyclic) bond motifs is 1. The average molecular weight is 304 g/mol. The molecule has 0 bridgehead atoms. The molecular formula is C17H22ClN3. The van der Waals surface area contributed by atoms with E-state index in [4.69, 9.17) is 17.3 Å². The number of rotatable bonds is 3. The molecule has 4 heteroatoms. The molecule has 1 atom stereocenters. The molecule has 1 aromatic heterocycles. The number of nitrogens with two attached hydrogens (primary N) is 1. The van der Waals surface area contributed by atoms with Crippen LogP contribution in [0.5, 0.6) is 0 Å². The van der Waals surface area contributed by atoms with Crippen molar-refractivity contribution in [3.8, 4) is 0 Å². The van der Waals surface area contributed by atoms with E-state index in [2.05, 4.69) is 29.4 Å². The normalized spacial score (nSPS) is 21.3. The number of halogens is 1. The Labute approximate surface area is 131 Å². The van der Waals surface area contributed by atoms with Crippen LogP contribution in [0.4, 0.5) is 0 Å². The van der Waals surface area contributed by atoms with E-state index in [-0.39, 0.29) is 5.41 Å². The topological polar surface area (TPSA) is 43.8 Å². The number of aryl methyl sites for hydroxylation is 3. The molecule has 1 unspecified atom stereocenters. The van der Waals surface area contributed by atoms with Gasteiger partial charge in [-0.15, -0.1) is 0 Å². The highest BCUT2D eigenvalue weighted by Crippen LogP contribution is 2.40. The molecule has 1 aliphatic rings. The Kier molecular flexibility index (Phi) is 3.80. The molecule has 2 N–H and O–H groups in total. The predicted octanol–water partition coefficient (Wildman–Crippen LogP) is 3.16. The molecule has 2 aromatic rings. The SMILES string of the molecule is Cc1nn(C)c(Cl)c1CC1(CN)CCCc2ccccc21. The summed E-state index contributed by atoms with van der Waals surface area (Å²) in [6.07, 6.45) is 4.33. The third-order valence-electron chi connectivity index (χ3n) is 4.87. The van der Waals surface area contributed by atoms with E-state index in [1.807, 2.05) is 14.0 Å². The molecule has 0 fully saturated rings. The lowest BCUT2D eigenvalue weighted by Crippen LogP contribution is -2.40. The molecule has 112 valence electrons. The minimum Gasteiger partial charge on any atom is -0.330 e. The van der Waals surface area contributed by atoms with Crippen molar-refractivity contribution in [1.82, 2.24) is 9.78 Å². The molecule has 0 saturated carbocycles. The molecule has 1 aliphatic carbocycles. The van der Waals surface area contributed by atoms with Crippen LogP contribution in [0.3, 0.4) is 0 Å². The van der Waals surface area contributed by atoms with Crippen LogP contribution in [-0.4, -0.2) is 16.3 Å². The van der Waals surface area contributed by atoms with Crippen molar-refractivity contribution < 1.29 is 0 Å². The number of hydrogen-bond donors (Lipinski definition) is 1. The zero-order valence-electron chi connectivity index (χ0n) is 12.7. The third kappa shape index (κ3) is 2.39. The Balaban J connectivity index is 2.06. The molecule has 21 heavy (non-hydrogen) atoms. The van der Waals surface area contributed by atoms with Crippen molar-refractivity contribution in [2.45, 2.75) is 38.0 Å². The Bertz CT molecular complexity index is 662. The van der Waals surface area contributed by atoms with E-state index < -0.39 is 0 Å². The van der Waals surface area contributed by atoms with Gasteiger partial charge in [0.15, 0.2) is 0 Å². The van der Waals surface area contributed by atoms with E-state index >= 15 is 0 Å². The standard InChI is InChI=1S/C17H22ClN3/c1-12-14(16(18)21(2)20-12)10-17(11-19)9-5-7-13-6-3-4-8-15(13)17/h3-4,6,8H,5,7,9-11,19H2,1-2H3. The van der Waals surface area contributed by atoms with Gasteiger partial charge >= 0.3 is 0 Å². The van der Waals surface area contributed by atoms with Crippen molar-refractivity contribution in [3.05, 3.63) is 51.8 Å². The molecule has 1 aromatic carbocycles. The summed E-state index contributed by atoms with van der Waals surface area (Å²) in [5, 5.41) is 5.18. The van der Waals surface area contributed by atoms with Crippen LogP contribution < -0.4 is 5.73 Å². The first kappa shape index (κ1) is 14.6. The van der Waals surface area contributed by atoms with Crippen molar-refractivity contribution >= 4 is 11.6 Å². The van der Waals surface area contributed by atoms with E-state index in [1.165, 1.54) is 17.5 Å². The Morgan fingerprint density at radius 2 is 2.14 bits per heavy atom. The fourth-order valence-electron chi connectivity index (χ4n) is 3.69. The second-order valence-electron chi connectivity index (χ2n) is 6.15. The van der Waals surface area contributed by atoms with Gasteiger partial charge in [0.2, 0.25) is 0 Å². The summed E-state index contributed by atoms with van der Waals surface area (Å²) < 4.78 is 1.76. The maximum absolute atomic E-state index is 6.44. The van der Waals surface area contributed by atoms with Crippen LogP contribution in [-0.2, 0) is 25.3 Å². The quantitative estimate of drug-likeness (QED) is 0.946. The molecule has 3 nitrogen and oxygen atoms in total. The van der Waals surface area contributed by atoms with Crippen molar-refractivity contribution in [3.63, 3.8) is 0 Å². The van der Waals surface area contributed by atoms with Crippen molar-refractivity contribution in [2.24, 2.45) is 12.8 Å². The maximum atomic E-state index is 6.44. The van der Waals surface area contributed by atoms with Gasteiger partial charge in [-0.3, -0.25) is 4.68 Å². The van der Waals surface area contributed by atoms with Gasteiger partial charge in [0.1, 0.15) is 5.15 Å². The number of hydrogen-bond acceptors (Lipinski definition) is 2. The summed E-state index contributed by atoms with van der Waals surface area (Å²) in [6, 6.07) is 8.71. The molecule has 1 heterocycles. The van der Waals surface area contributed by atoms with E-state index in [9.17, 15) is 0 Å². The van der Waals surface area contributed by atoms with E-state index in [0.717, 1.165) is 35.7 Å². The molecule has 3 rings (SSSR count). The summed E-state index contributed by atoms with van der Waals surface area (Å²) in [6.45, 7) is 2.68. The highest BCUT2D eigenvalue weighted by molar-refractivity contribution is 6.30. The average Bonchev–Trinajstić information content (AvgIpc) is 2.74. The lowest BCUT2D eigenvalue weighted by atomic mass is 9.67. The summed E-state index contributed by atoms with van der Waals surface area (Å²) in [4.78, 5) is 0. The predicted molar refractivity (Wildman–Crippen MR) is 86.8 cm³/mol. The first-order chi connectivity index (χ1) is 10.1. The Morgan fingerprint density at radius 3 is 2.81 bits per heavy atom. The lowest BCUT2D eigenvalue weighted by molar-refractivity contribution is 0.365. The highest BCUT2D eigenvalue weighted by Gasteiger charge is 2.36. The monoisotopic (exact) mass is 303 g/mol. The first-order valence-corrected chi connectivity index (χ1v) is 7.91. The molecule has 0 radical (unpaired) electrons. The second kappa shape index (κ2) is 5.47. The van der Waals surface area contributed by atoms with Crippen molar-refractivity contribution in [2.75, 3.05) is 6.54 Å². The number of aromatic nitrogens is 2. The van der Waals surface area contributed by atoms with Gasteiger partial charge in [-0.1, -0.05) is 35.9 Å².